The Morgan fingerprint density at radius 2 is 2.04 bits per heavy atom. The minimum Gasteiger partial charge on any atom is -0.394 e. The van der Waals surface area contributed by atoms with Gasteiger partial charge in [0, 0.05) is 40.2 Å². The second-order valence-corrected chi connectivity index (χ2v) is 6.93. The molecule has 0 bridgehead atoms. The fraction of sp³-hybridized carbons (Fsp3) is 0.211. The Bertz CT molecular complexity index is 888. The number of hydrogen-bond acceptors (Lipinski definition) is 6. The zero-order chi connectivity index (χ0) is 18.5. The van der Waals surface area contributed by atoms with E-state index in [1.807, 2.05) is 50.2 Å². The van der Waals surface area contributed by atoms with Crippen molar-refractivity contribution in [2.24, 2.45) is 0 Å². The average Bonchev–Trinajstić information content (AvgIpc) is 2.64. The molecule has 0 aliphatic rings. The zero-order valence-corrected chi connectivity index (χ0v) is 16.2. The van der Waals surface area contributed by atoms with Gasteiger partial charge in [0.2, 0.25) is 5.95 Å². The minimum absolute atomic E-state index is 0.00490. The van der Waals surface area contributed by atoms with Crippen molar-refractivity contribution < 1.29 is 5.11 Å². The van der Waals surface area contributed by atoms with Crippen LogP contribution in [0.15, 0.2) is 53.3 Å². The summed E-state index contributed by atoms with van der Waals surface area (Å²) in [7, 11) is 0. The monoisotopic (exact) mass is 413 g/mol. The van der Waals surface area contributed by atoms with E-state index in [0.29, 0.717) is 11.8 Å². The molecule has 0 saturated heterocycles. The summed E-state index contributed by atoms with van der Waals surface area (Å²) in [5, 5.41) is 15.8. The van der Waals surface area contributed by atoms with Crippen molar-refractivity contribution in [3.63, 3.8) is 0 Å². The van der Waals surface area contributed by atoms with Crippen LogP contribution in [0.3, 0.4) is 0 Å². The van der Waals surface area contributed by atoms with Crippen molar-refractivity contribution in [2.45, 2.75) is 19.9 Å². The summed E-state index contributed by atoms with van der Waals surface area (Å²) in [4.78, 5) is 13.2. The lowest BCUT2D eigenvalue weighted by Crippen LogP contribution is -2.21. The Hall–Kier alpha value is -2.51. The molecule has 0 fully saturated rings. The summed E-state index contributed by atoms with van der Waals surface area (Å²) in [5.41, 5.74) is 3.70. The van der Waals surface area contributed by atoms with Crippen molar-refractivity contribution >= 4 is 33.4 Å². The number of aliphatic hydroxyl groups excluding tert-OH is 1. The molecule has 2 heterocycles. The lowest BCUT2D eigenvalue weighted by Gasteiger charge is -2.15. The molecule has 134 valence electrons. The Morgan fingerprint density at radius 3 is 2.73 bits per heavy atom. The zero-order valence-electron chi connectivity index (χ0n) is 14.6. The first kappa shape index (κ1) is 18.3. The molecule has 26 heavy (non-hydrogen) atoms. The quantitative estimate of drug-likeness (QED) is 0.562. The first-order valence-corrected chi connectivity index (χ1v) is 9.04. The molecular weight excluding hydrogens is 394 g/mol. The average molecular weight is 414 g/mol. The van der Waals surface area contributed by atoms with Crippen LogP contribution in [0.1, 0.15) is 12.5 Å². The fourth-order valence-electron chi connectivity index (χ4n) is 2.41. The molecule has 1 aromatic carbocycles. The SMILES string of the molecule is Cc1cc(Br)ccc1Nc1cc(-c2cccnc2)nc(N[C@H](C)CO)n1. The topological polar surface area (TPSA) is 83.0 Å². The van der Waals surface area contributed by atoms with Gasteiger partial charge in [-0.05, 0) is 49.7 Å². The van der Waals surface area contributed by atoms with Crippen molar-refractivity contribution in [1.29, 1.82) is 0 Å². The van der Waals surface area contributed by atoms with Gasteiger partial charge >= 0.3 is 0 Å². The normalized spacial score (nSPS) is 11.8. The van der Waals surface area contributed by atoms with Gasteiger partial charge in [-0.15, -0.1) is 0 Å². The van der Waals surface area contributed by atoms with Crippen LogP contribution >= 0.6 is 15.9 Å². The molecule has 0 aliphatic heterocycles. The maximum atomic E-state index is 9.30. The highest BCUT2D eigenvalue weighted by Gasteiger charge is 2.10. The number of anilines is 3. The van der Waals surface area contributed by atoms with E-state index in [1.54, 1.807) is 12.4 Å². The van der Waals surface area contributed by atoms with Crippen LogP contribution in [-0.4, -0.2) is 32.7 Å². The Morgan fingerprint density at radius 1 is 1.19 bits per heavy atom. The van der Waals surface area contributed by atoms with Crippen LogP contribution in [0.25, 0.3) is 11.3 Å². The number of nitrogens with zero attached hydrogens (tertiary/aromatic N) is 3. The fourth-order valence-corrected chi connectivity index (χ4v) is 2.88. The first-order chi connectivity index (χ1) is 12.5. The highest BCUT2D eigenvalue weighted by atomic mass is 79.9. The van der Waals surface area contributed by atoms with Gasteiger partial charge in [-0.3, -0.25) is 4.98 Å². The predicted octanol–water partition coefficient (Wildman–Crippen LogP) is 4.15. The van der Waals surface area contributed by atoms with Gasteiger partial charge in [0.15, 0.2) is 0 Å². The third kappa shape index (κ3) is 4.56. The summed E-state index contributed by atoms with van der Waals surface area (Å²) in [6, 6.07) is 11.6. The molecule has 3 aromatic rings. The Balaban J connectivity index is 1.98. The third-order valence-electron chi connectivity index (χ3n) is 3.78. The van der Waals surface area contributed by atoms with Crippen molar-refractivity contribution in [3.8, 4) is 11.3 Å². The number of hydrogen-bond donors (Lipinski definition) is 3. The van der Waals surface area contributed by atoms with Crippen LogP contribution in [0.4, 0.5) is 17.5 Å². The van der Waals surface area contributed by atoms with E-state index in [4.69, 9.17) is 0 Å². The minimum atomic E-state index is -0.151. The lowest BCUT2D eigenvalue weighted by molar-refractivity contribution is 0.281. The van der Waals surface area contributed by atoms with Crippen LogP contribution < -0.4 is 10.6 Å². The summed E-state index contributed by atoms with van der Waals surface area (Å²) in [6.45, 7) is 3.89. The molecular formula is C19H20BrN5O. The van der Waals surface area contributed by atoms with Gasteiger partial charge in [-0.2, -0.15) is 4.98 Å². The van der Waals surface area contributed by atoms with Gasteiger partial charge < -0.3 is 15.7 Å². The maximum Gasteiger partial charge on any atom is 0.225 e. The molecule has 1 atom stereocenters. The summed E-state index contributed by atoms with van der Waals surface area (Å²) < 4.78 is 1.03. The molecule has 0 aliphatic carbocycles. The first-order valence-electron chi connectivity index (χ1n) is 8.25. The van der Waals surface area contributed by atoms with Crippen molar-refractivity contribution in [3.05, 3.63) is 58.8 Å². The molecule has 7 heteroatoms. The third-order valence-corrected chi connectivity index (χ3v) is 4.28. The standard InChI is InChI=1S/C19H20BrN5O/c1-12-8-15(20)5-6-16(12)23-18-9-17(14-4-3-7-21-10-14)24-19(25-18)22-13(2)11-26/h3-10,13,26H,11H2,1-2H3,(H2,22,23,24,25)/t13-/m1/s1. The van der Waals surface area contributed by atoms with Crippen LogP contribution in [0.2, 0.25) is 0 Å². The van der Waals surface area contributed by atoms with E-state index >= 15 is 0 Å². The van der Waals surface area contributed by atoms with E-state index < -0.39 is 0 Å². The molecule has 0 spiro atoms. The molecule has 3 rings (SSSR count). The molecule has 0 saturated carbocycles. The number of rotatable bonds is 6. The van der Waals surface area contributed by atoms with E-state index in [-0.39, 0.29) is 12.6 Å². The number of benzene rings is 1. The number of halogens is 1. The van der Waals surface area contributed by atoms with Crippen LogP contribution in [0.5, 0.6) is 0 Å². The van der Waals surface area contributed by atoms with E-state index in [2.05, 4.69) is 41.5 Å². The number of aryl methyl sites for hydroxylation is 1. The number of pyridine rings is 1. The Kier molecular flexibility index (Phi) is 5.80. The summed E-state index contributed by atoms with van der Waals surface area (Å²) in [5.74, 6) is 1.11. The van der Waals surface area contributed by atoms with Gasteiger partial charge in [0.25, 0.3) is 0 Å². The van der Waals surface area contributed by atoms with Gasteiger partial charge in [0.05, 0.1) is 12.3 Å². The van der Waals surface area contributed by atoms with Gasteiger partial charge in [-0.1, -0.05) is 15.9 Å². The second kappa shape index (κ2) is 8.25. The molecule has 0 amide bonds. The molecule has 0 radical (unpaired) electrons. The number of aromatic nitrogens is 3. The lowest BCUT2D eigenvalue weighted by atomic mass is 10.2. The molecule has 0 unspecified atom stereocenters. The number of aliphatic hydroxyl groups is 1. The van der Waals surface area contributed by atoms with Gasteiger partial charge in [-0.25, -0.2) is 4.98 Å². The highest BCUT2D eigenvalue weighted by molar-refractivity contribution is 9.10. The smallest absolute Gasteiger partial charge is 0.225 e. The Labute approximate surface area is 160 Å². The second-order valence-electron chi connectivity index (χ2n) is 6.02. The van der Waals surface area contributed by atoms with Gasteiger partial charge in [0.1, 0.15) is 5.82 Å². The van der Waals surface area contributed by atoms with Crippen LogP contribution in [0, 0.1) is 6.92 Å². The van der Waals surface area contributed by atoms with E-state index in [0.717, 1.165) is 27.0 Å². The molecule has 3 N–H and O–H groups in total. The van der Waals surface area contributed by atoms with E-state index in [9.17, 15) is 5.11 Å². The summed E-state index contributed by atoms with van der Waals surface area (Å²) in [6.07, 6.45) is 3.48. The van der Waals surface area contributed by atoms with E-state index in [1.165, 1.54) is 0 Å². The predicted molar refractivity (Wildman–Crippen MR) is 108 cm³/mol. The maximum absolute atomic E-state index is 9.30. The highest BCUT2D eigenvalue weighted by Crippen LogP contribution is 2.26. The van der Waals surface area contributed by atoms with Crippen molar-refractivity contribution in [1.82, 2.24) is 15.0 Å². The molecule has 6 nitrogen and oxygen atoms in total. The summed E-state index contributed by atoms with van der Waals surface area (Å²) >= 11 is 3.48. The van der Waals surface area contributed by atoms with Crippen molar-refractivity contribution in [2.75, 3.05) is 17.2 Å². The largest absolute Gasteiger partial charge is 0.394 e. The molecule has 2 aromatic heterocycles. The van der Waals surface area contributed by atoms with Crippen LogP contribution in [-0.2, 0) is 0 Å². The number of nitrogens with one attached hydrogen (secondary N) is 2.